The van der Waals surface area contributed by atoms with E-state index in [2.05, 4.69) is 5.10 Å². The Labute approximate surface area is 157 Å². The lowest BCUT2D eigenvalue weighted by molar-refractivity contribution is -0.139. The number of likely N-dealkylation sites (tertiary alicyclic amines) is 1. The van der Waals surface area contributed by atoms with Gasteiger partial charge in [-0.05, 0) is 26.8 Å². The number of rotatable bonds is 4. The van der Waals surface area contributed by atoms with Crippen LogP contribution in [0.5, 0.6) is 5.75 Å². The van der Waals surface area contributed by atoms with Crippen molar-refractivity contribution in [2.75, 3.05) is 13.7 Å². The van der Waals surface area contributed by atoms with E-state index in [0.29, 0.717) is 34.8 Å². The number of likely N-dealkylation sites (N-methyl/N-ethyl adjacent to an activating group) is 1. The summed E-state index contributed by atoms with van der Waals surface area (Å²) in [6, 6.07) is 6.48. The lowest BCUT2D eigenvalue weighted by Crippen LogP contribution is -2.29. The van der Waals surface area contributed by atoms with Gasteiger partial charge in [0.25, 0.3) is 11.7 Å². The van der Waals surface area contributed by atoms with Gasteiger partial charge in [0.05, 0.1) is 30.0 Å². The van der Waals surface area contributed by atoms with E-state index in [1.165, 1.54) is 12.0 Å². The number of para-hydroxylation sites is 1. The number of nitrogens with zero attached hydrogens (tertiary/aromatic N) is 3. The monoisotopic (exact) mass is 369 g/mol. The molecule has 7 nitrogen and oxygen atoms in total. The summed E-state index contributed by atoms with van der Waals surface area (Å²) in [5.74, 6) is -0.987. The summed E-state index contributed by atoms with van der Waals surface area (Å²) >= 11 is 0. The number of ketones is 1. The fraction of sp³-hybridized carbons (Fsp3) is 0.350. The average molecular weight is 369 g/mol. The van der Waals surface area contributed by atoms with Gasteiger partial charge >= 0.3 is 0 Å². The Hall–Kier alpha value is -3.09. The summed E-state index contributed by atoms with van der Waals surface area (Å²) in [5, 5.41) is 15.4. The zero-order valence-electron chi connectivity index (χ0n) is 16.1. The van der Waals surface area contributed by atoms with Crippen LogP contribution in [0.3, 0.4) is 0 Å². The van der Waals surface area contributed by atoms with Crippen LogP contribution in [-0.2, 0) is 16.6 Å². The molecule has 142 valence electrons. The average Bonchev–Trinajstić information content (AvgIpc) is 3.06. The first-order valence-corrected chi connectivity index (χ1v) is 8.75. The zero-order valence-corrected chi connectivity index (χ0v) is 16.1. The Bertz CT molecular complexity index is 958. The lowest BCUT2D eigenvalue weighted by atomic mass is 9.94. The van der Waals surface area contributed by atoms with Crippen LogP contribution < -0.4 is 4.74 Å². The van der Waals surface area contributed by atoms with Gasteiger partial charge in [-0.3, -0.25) is 14.3 Å². The highest BCUT2D eigenvalue weighted by molar-refractivity contribution is 6.46. The SMILES string of the molecule is CCN1C(=O)C(=O)/C(=C(/O)c2c(C)nn(C)c2C)C1c1ccccc1OC. The molecule has 1 fully saturated rings. The predicted molar refractivity (Wildman–Crippen MR) is 100 cm³/mol. The molecule has 27 heavy (non-hydrogen) atoms. The number of carbonyl (C=O) groups excluding carboxylic acids is 2. The topological polar surface area (TPSA) is 84.7 Å². The molecule has 0 saturated carbocycles. The number of carbonyl (C=O) groups is 2. The molecule has 1 aromatic heterocycles. The molecule has 3 rings (SSSR count). The van der Waals surface area contributed by atoms with Crippen LogP contribution in [0.15, 0.2) is 29.8 Å². The Morgan fingerprint density at radius 1 is 1.26 bits per heavy atom. The van der Waals surface area contributed by atoms with Crippen LogP contribution in [0.1, 0.15) is 35.5 Å². The molecule has 1 aliphatic heterocycles. The molecule has 1 unspecified atom stereocenters. The molecule has 1 saturated heterocycles. The summed E-state index contributed by atoms with van der Waals surface area (Å²) in [5.41, 5.74) is 2.50. The first-order valence-electron chi connectivity index (χ1n) is 8.75. The van der Waals surface area contributed by atoms with Crippen molar-refractivity contribution in [2.24, 2.45) is 7.05 Å². The Kier molecular flexibility index (Phi) is 4.78. The van der Waals surface area contributed by atoms with Crippen LogP contribution in [0, 0.1) is 13.8 Å². The van der Waals surface area contributed by atoms with Crippen molar-refractivity contribution < 1.29 is 19.4 Å². The van der Waals surface area contributed by atoms with E-state index in [4.69, 9.17) is 4.74 Å². The summed E-state index contributed by atoms with van der Waals surface area (Å²) in [6.45, 7) is 5.70. The predicted octanol–water partition coefficient (Wildman–Crippen LogP) is 2.49. The lowest BCUT2D eigenvalue weighted by Gasteiger charge is -2.25. The number of hydrogen-bond donors (Lipinski definition) is 1. The Morgan fingerprint density at radius 3 is 2.48 bits per heavy atom. The van der Waals surface area contributed by atoms with Crippen molar-refractivity contribution in [1.29, 1.82) is 0 Å². The van der Waals surface area contributed by atoms with Crippen LogP contribution in [0.25, 0.3) is 5.76 Å². The molecule has 7 heteroatoms. The van der Waals surface area contributed by atoms with Gasteiger partial charge in [-0.25, -0.2) is 0 Å². The second kappa shape index (κ2) is 6.90. The minimum atomic E-state index is -0.717. The number of aliphatic hydroxyl groups excluding tert-OH is 1. The minimum Gasteiger partial charge on any atom is -0.507 e. The third kappa shape index (κ3) is 2.79. The molecule has 1 aromatic carbocycles. The van der Waals surface area contributed by atoms with E-state index in [9.17, 15) is 14.7 Å². The van der Waals surface area contributed by atoms with Gasteiger partial charge in [0.15, 0.2) is 0 Å². The van der Waals surface area contributed by atoms with E-state index in [1.807, 2.05) is 19.1 Å². The Morgan fingerprint density at radius 2 is 1.93 bits per heavy atom. The van der Waals surface area contributed by atoms with E-state index >= 15 is 0 Å². The fourth-order valence-electron chi connectivity index (χ4n) is 3.67. The molecule has 1 aliphatic rings. The van der Waals surface area contributed by atoms with Crippen molar-refractivity contribution in [3.63, 3.8) is 0 Å². The normalized spacial score (nSPS) is 19.0. The molecule has 1 N–H and O–H groups in total. The van der Waals surface area contributed by atoms with Gasteiger partial charge in [-0.15, -0.1) is 0 Å². The smallest absolute Gasteiger partial charge is 0.295 e. The van der Waals surface area contributed by atoms with Crippen molar-refractivity contribution in [3.8, 4) is 5.75 Å². The maximum atomic E-state index is 12.8. The zero-order chi connectivity index (χ0) is 19.9. The molecule has 1 atom stereocenters. The van der Waals surface area contributed by atoms with Gasteiger partial charge in [0, 0.05) is 24.8 Å². The van der Waals surface area contributed by atoms with Crippen molar-refractivity contribution in [3.05, 3.63) is 52.4 Å². The van der Waals surface area contributed by atoms with Crippen LogP contribution in [0.2, 0.25) is 0 Å². The molecule has 2 heterocycles. The number of aliphatic hydroxyl groups is 1. The number of methoxy groups -OCH3 is 1. The number of hydrogen-bond acceptors (Lipinski definition) is 5. The van der Waals surface area contributed by atoms with E-state index in [1.54, 1.807) is 37.7 Å². The second-order valence-electron chi connectivity index (χ2n) is 6.50. The molecule has 1 amide bonds. The molecule has 2 aromatic rings. The van der Waals surface area contributed by atoms with Crippen LogP contribution in [-0.4, -0.2) is 45.1 Å². The molecule has 0 radical (unpaired) electrons. The van der Waals surface area contributed by atoms with Gasteiger partial charge in [0.2, 0.25) is 0 Å². The maximum Gasteiger partial charge on any atom is 0.295 e. The first kappa shape index (κ1) is 18.7. The number of benzene rings is 1. The largest absolute Gasteiger partial charge is 0.507 e. The van der Waals surface area contributed by atoms with Gasteiger partial charge in [0.1, 0.15) is 11.5 Å². The highest BCUT2D eigenvalue weighted by Crippen LogP contribution is 2.43. The highest BCUT2D eigenvalue weighted by Gasteiger charge is 2.46. The summed E-state index contributed by atoms with van der Waals surface area (Å²) in [6.07, 6.45) is 0. The number of ether oxygens (including phenoxy) is 1. The van der Waals surface area contributed by atoms with Gasteiger partial charge in [-0.1, -0.05) is 18.2 Å². The third-order valence-corrected chi connectivity index (χ3v) is 5.06. The first-order chi connectivity index (χ1) is 12.8. The summed E-state index contributed by atoms with van der Waals surface area (Å²) < 4.78 is 7.07. The van der Waals surface area contributed by atoms with Crippen LogP contribution >= 0.6 is 0 Å². The number of Topliss-reactive ketones (excluding diaryl/α,β-unsaturated/α-hetero) is 1. The van der Waals surface area contributed by atoms with Crippen molar-refractivity contribution in [2.45, 2.75) is 26.8 Å². The maximum absolute atomic E-state index is 12.8. The molecule has 0 bridgehead atoms. The van der Waals surface area contributed by atoms with E-state index in [0.717, 1.165) is 0 Å². The number of amides is 1. The number of aromatic nitrogens is 2. The van der Waals surface area contributed by atoms with E-state index < -0.39 is 17.7 Å². The fourth-order valence-corrected chi connectivity index (χ4v) is 3.67. The Balaban J connectivity index is 2.31. The van der Waals surface area contributed by atoms with Crippen molar-refractivity contribution in [1.82, 2.24) is 14.7 Å². The second-order valence-corrected chi connectivity index (χ2v) is 6.50. The molecular weight excluding hydrogens is 346 g/mol. The molecular formula is C20H23N3O4. The summed E-state index contributed by atoms with van der Waals surface area (Å²) in [7, 11) is 3.30. The van der Waals surface area contributed by atoms with Gasteiger partial charge in [-0.2, -0.15) is 5.10 Å². The number of aryl methyl sites for hydroxylation is 2. The minimum absolute atomic E-state index is 0.0607. The quantitative estimate of drug-likeness (QED) is 0.508. The van der Waals surface area contributed by atoms with Crippen molar-refractivity contribution >= 4 is 17.4 Å². The van der Waals surface area contributed by atoms with E-state index in [-0.39, 0.29) is 11.3 Å². The molecule has 0 aliphatic carbocycles. The third-order valence-electron chi connectivity index (χ3n) is 5.06. The highest BCUT2D eigenvalue weighted by atomic mass is 16.5. The van der Waals surface area contributed by atoms with Gasteiger partial charge < -0.3 is 14.7 Å². The standard InChI is InChI=1S/C20H23N3O4/c1-6-23-17(13-9-7-8-10-14(13)27-5)16(19(25)20(23)26)18(24)15-11(2)21-22(4)12(15)3/h7-10,17,24H,6H2,1-5H3/b18-16+. The van der Waals surface area contributed by atoms with Crippen LogP contribution in [0.4, 0.5) is 0 Å². The molecule has 0 spiro atoms. The summed E-state index contributed by atoms with van der Waals surface area (Å²) in [4.78, 5) is 26.9.